The van der Waals surface area contributed by atoms with Crippen molar-refractivity contribution in [1.29, 1.82) is 0 Å². The Morgan fingerprint density at radius 1 is 1.03 bits per heavy atom. The number of benzene rings is 3. The number of rotatable bonds is 12. The highest BCUT2D eigenvalue weighted by atomic mass is 35.5. The summed E-state index contributed by atoms with van der Waals surface area (Å²) in [5, 5.41) is 16.9. The lowest BCUT2D eigenvalue weighted by Gasteiger charge is -2.39. The van der Waals surface area contributed by atoms with Crippen molar-refractivity contribution in [2.45, 2.75) is 51.0 Å². The molecule has 3 aromatic carbocycles. The van der Waals surface area contributed by atoms with E-state index in [0.29, 0.717) is 28.9 Å². The van der Waals surface area contributed by atoms with Gasteiger partial charge < -0.3 is 19.3 Å². The quantitative estimate of drug-likeness (QED) is 0.0944. The highest BCUT2D eigenvalue weighted by Gasteiger charge is 2.31. The lowest BCUT2D eigenvalue weighted by atomic mass is 9.72. The number of halogens is 1. The van der Waals surface area contributed by atoms with Gasteiger partial charge in [0.2, 0.25) is 5.91 Å². The second kappa shape index (κ2) is 18.1. The lowest BCUT2D eigenvalue weighted by Crippen LogP contribution is -2.47. The zero-order valence-corrected chi connectivity index (χ0v) is 38.4. The summed E-state index contributed by atoms with van der Waals surface area (Å²) >= 11 is 6.26. The van der Waals surface area contributed by atoms with Gasteiger partial charge in [0, 0.05) is 80.7 Å². The molecule has 1 atom stereocenters. The number of carbonyl (C=O) groups is 2. The predicted octanol–water partition coefficient (Wildman–Crippen LogP) is 6.99. The highest BCUT2D eigenvalue weighted by Crippen LogP contribution is 2.43. The van der Waals surface area contributed by atoms with Gasteiger partial charge >= 0.3 is 5.69 Å². The van der Waals surface area contributed by atoms with Gasteiger partial charge in [-0.3, -0.25) is 34.4 Å². The Morgan fingerprint density at radius 2 is 1.82 bits per heavy atom. The Balaban J connectivity index is 0.964. The first-order chi connectivity index (χ1) is 31.6. The molecule has 3 aromatic heterocycles. The number of allylic oxidation sites excluding steroid dienone is 1. The monoisotopic (exact) mass is 935 g/mol. The number of piperazine rings is 1. The Kier molecular flexibility index (Phi) is 12.3. The average Bonchev–Trinajstić information content (AvgIpc) is 3.94. The number of hydrogen-bond acceptors (Lipinski definition) is 12. The van der Waals surface area contributed by atoms with E-state index in [9.17, 15) is 28.1 Å². The molecule has 3 aliphatic rings. The molecule has 2 fully saturated rings. The molecule has 17 nitrogen and oxygen atoms in total. The first-order valence-electron chi connectivity index (χ1n) is 21.9. The number of anilines is 1. The molecule has 1 aliphatic carbocycles. The number of nitrogens with one attached hydrogen (secondary N) is 2. The number of sulfonamides is 1. The van der Waals surface area contributed by atoms with Crippen LogP contribution in [0, 0.1) is 15.5 Å². The first-order valence-corrected chi connectivity index (χ1v) is 23.7. The number of ether oxygens (including phenoxy) is 2. The van der Waals surface area contributed by atoms with Crippen molar-refractivity contribution in [3.05, 3.63) is 117 Å². The molecule has 2 amide bonds. The van der Waals surface area contributed by atoms with Gasteiger partial charge in [-0.2, -0.15) is 0 Å². The van der Waals surface area contributed by atoms with Gasteiger partial charge in [0.1, 0.15) is 18.2 Å². The number of fused-ring (bicyclic) bond motifs is 2. The van der Waals surface area contributed by atoms with Crippen LogP contribution in [0.1, 0.15) is 56.0 Å². The normalized spacial score (nSPS) is 18.2. The van der Waals surface area contributed by atoms with Crippen LogP contribution in [0.4, 0.5) is 11.4 Å². The molecule has 2 saturated heterocycles. The number of nitro benzene ring substituents is 1. The van der Waals surface area contributed by atoms with Crippen LogP contribution in [0.15, 0.2) is 95.7 Å². The molecule has 66 heavy (non-hydrogen) atoms. The Hall–Kier alpha value is -6.34. The van der Waals surface area contributed by atoms with Crippen LogP contribution in [-0.2, 0) is 19.6 Å². The van der Waals surface area contributed by atoms with Gasteiger partial charge in [0.25, 0.3) is 15.9 Å². The van der Waals surface area contributed by atoms with E-state index < -0.39 is 37.5 Å². The van der Waals surface area contributed by atoms with Crippen molar-refractivity contribution >= 4 is 72.5 Å². The molecule has 344 valence electrons. The van der Waals surface area contributed by atoms with Crippen molar-refractivity contribution in [2.24, 2.45) is 5.41 Å². The van der Waals surface area contributed by atoms with Crippen molar-refractivity contribution in [3.63, 3.8) is 0 Å². The Morgan fingerprint density at radius 3 is 2.58 bits per heavy atom. The van der Waals surface area contributed by atoms with Crippen molar-refractivity contribution in [1.82, 2.24) is 34.3 Å². The Labute approximate surface area is 386 Å². The fourth-order valence-corrected chi connectivity index (χ4v) is 10.2. The molecular formula is C47H50ClN9O8S. The Bertz CT molecular complexity index is 3000. The number of nitrogens with zero attached hydrogens (tertiary/aromatic N) is 7. The summed E-state index contributed by atoms with van der Waals surface area (Å²) in [5.41, 5.74) is 6.68. The van der Waals surface area contributed by atoms with Crippen LogP contribution in [0.5, 0.6) is 5.75 Å². The topological polar surface area (TPSA) is 198 Å². The average molecular weight is 936 g/mol. The number of hydrogen-bond donors (Lipinski definition) is 2. The van der Waals surface area contributed by atoms with E-state index in [1.807, 2.05) is 30.3 Å². The van der Waals surface area contributed by atoms with Crippen LogP contribution in [0.3, 0.4) is 0 Å². The van der Waals surface area contributed by atoms with Crippen LogP contribution in [-0.4, -0.2) is 120 Å². The summed E-state index contributed by atoms with van der Waals surface area (Å²) in [6.45, 7) is 10.9. The summed E-state index contributed by atoms with van der Waals surface area (Å²) < 4.78 is 42.9. The van der Waals surface area contributed by atoms with E-state index in [1.54, 1.807) is 34.1 Å². The first kappa shape index (κ1) is 44.8. The van der Waals surface area contributed by atoms with E-state index in [-0.39, 0.29) is 42.4 Å². The van der Waals surface area contributed by atoms with Gasteiger partial charge in [-0.1, -0.05) is 43.2 Å². The van der Waals surface area contributed by atoms with Crippen molar-refractivity contribution in [2.75, 3.05) is 63.9 Å². The van der Waals surface area contributed by atoms with Crippen LogP contribution in [0.25, 0.3) is 33.3 Å². The molecule has 2 aliphatic heterocycles. The van der Waals surface area contributed by atoms with E-state index in [2.05, 4.69) is 55.6 Å². The van der Waals surface area contributed by atoms with Gasteiger partial charge in [0.15, 0.2) is 11.4 Å². The smallest absolute Gasteiger partial charge is 0.312 e. The number of morpholine rings is 1. The molecule has 1 unspecified atom stereocenters. The van der Waals surface area contributed by atoms with Gasteiger partial charge in [0.05, 0.1) is 39.7 Å². The number of aromatic nitrogens is 4. The zero-order chi connectivity index (χ0) is 46.3. The minimum absolute atomic E-state index is 0.0267. The van der Waals surface area contributed by atoms with Gasteiger partial charge in [-0.15, -0.1) is 0 Å². The highest BCUT2D eigenvalue weighted by molar-refractivity contribution is 7.90. The van der Waals surface area contributed by atoms with E-state index >= 15 is 0 Å². The maximum atomic E-state index is 14.2. The maximum absolute atomic E-state index is 14.2. The van der Waals surface area contributed by atoms with Gasteiger partial charge in [-0.25, -0.2) is 23.1 Å². The third kappa shape index (κ3) is 9.49. The number of H-pyrrole nitrogens is 1. The number of aromatic amines is 1. The summed E-state index contributed by atoms with van der Waals surface area (Å²) in [6.07, 6.45) is 5.97. The zero-order valence-electron chi connectivity index (χ0n) is 36.8. The van der Waals surface area contributed by atoms with Crippen molar-refractivity contribution < 1.29 is 32.4 Å². The number of nitro groups is 1. The summed E-state index contributed by atoms with van der Waals surface area (Å²) in [6, 6.07) is 20.3. The molecule has 0 radical (unpaired) electrons. The number of pyridine rings is 1. The molecule has 0 spiro atoms. The van der Waals surface area contributed by atoms with Crippen molar-refractivity contribution in [3.8, 4) is 11.4 Å². The minimum Gasteiger partial charge on any atom is -0.484 e. The fourth-order valence-electron chi connectivity index (χ4n) is 9.06. The molecule has 9 rings (SSSR count). The number of carbonyl (C=O) groups excluding carboxylic acids is 2. The number of amides is 2. The summed E-state index contributed by atoms with van der Waals surface area (Å²) in [4.78, 5) is 52.3. The largest absolute Gasteiger partial charge is 0.484 e. The predicted molar refractivity (Wildman–Crippen MR) is 251 cm³/mol. The second-order valence-electron chi connectivity index (χ2n) is 17.8. The minimum atomic E-state index is -4.66. The standard InChI is InChI=1S/C47H50ClN9O8S/c1-30(58)55-20-21-64-36(28-55)29-65-44-11-9-37(24-43(44)57(60)61)66(62,63)52-46(59)38-10-8-35(23-41(38)56-42-22-32-13-15-49-45(32)51-40(42)26-50-56)54-18-16-53(17-19-54)27-33-12-14-47(2,3)25-39(33)31-4-6-34(48)7-5-31/h4-11,13,15,22-24,26,36,50H,12,14,16-21,25,27-29H2,1-3H3,(H,52,59). The van der Waals surface area contributed by atoms with Gasteiger partial charge in [-0.05, 0) is 90.4 Å². The maximum Gasteiger partial charge on any atom is 0.312 e. The van der Waals surface area contributed by atoms with Crippen LogP contribution >= 0.6 is 11.6 Å². The van der Waals surface area contributed by atoms with Crippen LogP contribution in [0.2, 0.25) is 5.02 Å². The second-order valence-corrected chi connectivity index (χ2v) is 20.0. The molecule has 0 bridgehead atoms. The summed E-state index contributed by atoms with van der Waals surface area (Å²) in [7, 11) is -4.66. The SMILES string of the molecule is CC(=O)N1CCOC(COc2ccc(S(=O)(=O)NC(=O)c3ccc(N4CCN(CC5=C(c6ccc(Cl)cc6)CC(C)(C)CC5)CC4)cc3-n3[nH]cc4nc5nccc5cc43)cc2[N+](=O)[O-])C1. The van der Waals surface area contributed by atoms with Crippen LogP contribution < -0.4 is 14.4 Å². The molecule has 19 heteroatoms. The molecule has 5 heterocycles. The third-order valence-electron chi connectivity index (χ3n) is 12.7. The van der Waals surface area contributed by atoms with E-state index in [4.69, 9.17) is 21.1 Å². The summed E-state index contributed by atoms with van der Waals surface area (Å²) in [5.74, 6) is -1.27. The molecule has 2 N–H and O–H groups in total. The molecular weight excluding hydrogens is 886 g/mol. The van der Waals surface area contributed by atoms with E-state index in [1.165, 1.54) is 29.7 Å². The fraction of sp³-hybridized carbons (Fsp3) is 0.362. The lowest BCUT2D eigenvalue weighted by molar-refractivity contribution is -0.386. The molecule has 0 saturated carbocycles. The third-order valence-corrected chi connectivity index (χ3v) is 14.3. The van der Waals surface area contributed by atoms with E-state index in [0.717, 1.165) is 80.2 Å². The molecule has 6 aromatic rings.